The summed E-state index contributed by atoms with van der Waals surface area (Å²) in [6.07, 6.45) is -0.0855. The summed E-state index contributed by atoms with van der Waals surface area (Å²) in [4.78, 5) is 0. The maximum atomic E-state index is 13.7. The lowest BCUT2D eigenvalue weighted by molar-refractivity contribution is 0.215. The van der Waals surface area contributed by atoms with Crippen molar-refractivity contribution in [1.82, 2.24) is 0 Å². The van der Waals surface area contributed by atoms with Crippen LogP contribution in [0.2, 0.25) is 5.02 Å². The number of rotatable bonds is 3. The number of aliphatic hydroxyl groups is 1. The number of halogens is 2. The van der Waals surface area contributed by atoms with Gasteiger partial charge in [-0.2, -0.15) is 0 Å². The van der Waals surface area contributed by atoms with E-state index >= 15 is 0 Å². The monoisotopic (exact) mass is 264 g/mol. The first-order valence-corrected chi connectivity index (χ1v) is 6.21. The van der Waals surface area contributed by atoms with E-state index in [1.807, 2.05) is 25.1 Å². The van der Waals surface area contributed by atoms with E-state index in [9.17, 15) is 9.50 Å². The van der Waals surface area contributed by atoms with Crippen molar-refractivity contribution >= 4 is 11.6 Å². The third kappa shape index (κ3) is 2.71. The average Bonchev–Trinajstić information content (AvgIpc) is 2.38. The summed E-state index contributed by atoms with van der Waals surface area (Å²) >= 11 is 5.69. The number of hydrogen-bond donors (Lipinski definition) is 1. The molecule has 1 atom stereocenters. The SMILES string of the molecule is CCc1cccc(C(O)c2ccc(Cl)cc2F)c1. The predicted molar refractivity (Wildman–Crippen MR) is 71.3 cm³/mol. The van der Waals surface area contributed by atoms with Crippen LogP contribution in [0.15, 0.2) is 42.5 Å². The normalized spacial score (nSPS) is 12.4. The Morgan fingerprint density at radius 2 is 2.00 bits per heavy atom. The summed E-state index contributed by atoms with van der Waals surface area (Å²) in [7, 11) is 0. The van der Waals surface area contributed by atoms with Crippen molar-refractivity contribution in [2.24, 2.45) is 0 Å². The van der Waals surface area contributed by atoms with Crippen molar-refractivity contribution in [2.45, 2.75) is 19.4 Å². The van der Waals surface area contributed by atoms with Crippen LogP contribution >= 0.6 is 11.6 Å². The first-order valence-electron chi connectivity index (χ1n) is 5.83. The standard InChI is InChI=1S/C15H14ClFO/c1-2-10-4-3-5-11(8-10)15(18)13-7-6-12(16)9-14(13)17/h3-9,15,18H,2H2,1H3. The molecule has 0 saturated carbocycles. The molecule has 1 unspecified atom stereocenters. The molecule has 2 rings (SSSR count). The van der Waals surface area contributed by atoms with Crippen molar-refractivity contribution < 1.29 is 9.50 Å². The van der Waals surface area contributed by atoms with E-state index in [1.54, 1.807) is 12.1 Å². The molecule has 0 fully saturated rings. The first kappa shape index (κ1) is 13.1. The van der Waals surface area contributed by atoms with E-state index in [1.165, 1.54) is 12.1 Å². The first-order chi connectivity index (χ1) is 8.61. The molecule has 0 radical (unpaired) electrons. The van der Waals surface area contributed by atoms with Gasteiger partial charge in [0.2, 0.25) is 0 Å². The van der Waals surface area contributed by atoms with Gasteiger partial charge in [-0.05, 0) is 29.7 Å². The van der Waals surface area contributed by atoms with E-state index in [-0.39, 0.29) is 5.56 Å². The van der Waals surface area contributed by atoms with Gasteiger partial charge in [0, 0.05) is 10.6 Å². The molecule has 0 amide bonds. The van der Waals surface area contributed by atoms with E-state index in [0.29, 0.717) is 10.6 Å². The molecule has 2 aromatic carbocycles. The van der Waals surface area contributed by atoms with Crippen molar-refractivity contribution in [3.8, 4) is 0 Å². The Morgan fingerprint density at radius 1 is 1.22 bits per heavy atom. The Morgan fingerprint density at radius 3 is 2.67 bits per heavy atom. The number of aryl methyl sites for hydroxylation is 1. The molecule has 3 heteroatoms. The molecular formula is C15H14ClFO. The summed E-state index contributed by atoms with van der Waals surface area (Å²) in [6.45, 7) is 2.04. The van der Waals surface area contributed by atoms with Gasteiger partial charge in [-0.25, -0.2) is 4.39 Å². The lowest BCUT2D eigenvalue weighted by atomic mass is 9.99. The van der Waals surface area contributed by atoms with Gasteiger partial charge in [-0.15, -0.1) is 0 Å². The van der Waals surface area contributed by atoms with Crippen LogP contribution in [0.25, 0.3) is 0 Å². The highest BCUT2D eigenvalue weighted by Crippen LogP contribution is 2.26. The maximum Gasteiger partial charge on any atom is 0.130 e. The van der Waals surface area contributed by atoms with Gasteiger partial charge in [0.15, 0.2) is 0 Å². The Balaban J connectivity index is 2.37. The minimum Gasteiger partial charge on any atom is -0.384 e. The van der Waals surface area contributed by atoms with Crippen molar-refractivity contribution in [3.63, 3.8) is 0 Å². The largest absolute Gasteiger partial charge is 0.384 e. The highest BCUT2D eigenvalue weighted by atomic mass is 35.5. The van der Waals surface area contributed by atoms with E-state index < -0.39 is 11.9 Å². The highest BCUT2D eigenvalue weighted by molar-refractivity contribution is 6.30. The Bertz CT molecular complexity index is 554. The van der Waals surface area contributed by atoms with Crippen LogP contribution in [0.5, 0.6) is 0 Å². The molecule has 1 N–H and O–H groups in total. The Labute approximate surface area is 111 Å². The Hall–Kier alpha value is -1.38. The van der Waals surface area contributed by atoms with Gasteiger partial charge in [-0.1, -0.05) is 48.9 Å². The third-order valence-electron chi connectivity index (χ3n) is 2.93. The molecule has 0 heterocycles. The molecule has 0 aromatic heterocycles. The molecule has 0 spiro atoms. The maximum absolute atomic E-state index is 13.7. The van der Waals surface area contributed by atoms with Crippen LogP contribution < -0.4 is 0 Å². The number of benzene rings is 2. The van der Waals surface area contributed by atoms with Crippen LogP contribution in [0.4, 0.5) is 4.39 Å². The van der Waals surface area contributed by atoms with Gasteiger partial charge in [0.25, 0.3) is 0 Å². The van der Waals surface area contributed by atoms with Crippen LogP contribution in [-0.2, 0) is 6.42 Å². The zero-order chi connectivity index (χ0) is 13.1. The predicted octanol–water partition coefficient (Wildman–Crippen LogP) is 4.12. The second-order valence-electron chi connectivity index (χ2n) is 4.17. The molecule has 0 bridgehead atoms. The summed E-state index contributed by atoms with van der Waals surface area (Å²) in [6, 6.07) is 11.8. The fraction of sp³-hybridized carbons (Fsp3) is 0.200. The third-order valence-corrected chi connectivity index (χ3v) is 3.17. The summed E-state index contributed by atoms with van der Waals surface area (Å²) < 4.78 is 13.7. The van der Waals surface area contributed by atoms with E-state index in [2.05, 4.69) is 0 Å². The van der Waals surface area contributed by atoms with Gasteiger partial charge < -0.3 is 5.11 Å². The molecule has 0 saturated heterocycles. The number of hydrogen-bond acceptors (Lipinski definition) is 1. The van der Waals surface area contributed by atoms with Crippen molar-refractivity contribution in [1.29, 1.82) is 0 Å². The van der Waals surface area contributed by atoms with Crippen LogP contribution in [0, 0.1) is 5.82 Å². The molecule has 18 heavy (non-hydrogen) atoms. The highest BCUT2D eigenvalue weighted by Gasteiger charge is 2.15. The lowest BCUT2D eigenvalue weighted by Crippen LogP contribution is -2.03. The van der Waals surface area contributed by atoms with Crippen LogP contribution in [-0.4, -0.2) is 5.11 Å². The summed E-state index contributed by atoms with van der Waals surface area (Å²) in [5.41, 5.74) is 2.05. The van der Waals surface area contributed by atoms with Gasteiger partial charge in [0.05, 0.1) is 0 Å². The topological polar surface area (TPSA) is 20.2 Å². The van der Waals surface area contributed by atoms with Gasteiger partial charge >= 0.3 is 0 Å². The second kappa shape index (κ2) is 5.51. The van der Waals surface area contributed by atoms with Gasteiger partial charge in [0.1, 0.15) is 11.9 Å². The zero-order valence-corrected chi connectivity index (χ0v) is 10.8. The molecule has 0 aliphatic carbocycles. The fourth-order valence-corrected chi connectivity index (χ4v) is 2.04. The Kier molecular flexibility index (Phi) is 4.00. The quantitative estimate of drug-likeness (QED) is 0.884. The lowest BCUT2D eigenvalue weighted by Gasteiger charge is -2.13. The zero-order valence-electron chi connectivity index (χ0n) is 10.0. The molecule has 94 valence electrons. The van der Waals surface area contributed by atoms with E-state index in [4.69, 9.17) is 11.6 Å². The van der Waals surface area contributed by atoms with Crippen LogP contribution in [0.3, 0.4) is 0 Å². The molecule has 0 aliphatic heterocycles. The second-order valence-corrected chi connectivity index (χ2v) is 4.60. The smallest absolute Gasteiger partial charge is 0.130 e. The molecular weight excluding hydrogens is 251 g/mol. The van der Waals surface area contributed by atoms with Crippen LogP contribution in [0.1, 0.15) is 29.7 Å². The average molecular weight is 265 g/mol. The molecule has 0 aliphatic rings. The summed E-state index contributed by atoms with van der Waals surface area (Å²) in [5.74, 6) is -0.489. The molecule has 2 aromatic rings. The van der Waals surface area contributed by atoms with Gasteiger partial charge in [-0.3, -0.25) is 0 Å². The van der Waals surface area contributed by atoms with Crippen molar-refractivity contribution in [2.75, 3.05) is 0 Å². The van der Waals surface area contributed by atoms with Crippen molar-refractivity contribution in [3.05, 3.63) is 70.0 Å². The molecule has 1 nitrogen and oxygen atoms in total. The summed E-state index contributed by atoms with van der Waals surface area (Å²) in [5, 5.41) is 10.5. The minimum atomic E-state index is -0.964. The number of aliphatic hydroxyl groups excluding tert-OH is 1. The fourth-order valence-electron chi connectivity index (χ4n) is 1.89. The minimum absolute atomic E-state index is 0.243. The van der Waals surface area contributed by atoms with E-state index in [0.717, 1.165) is 12.0 Å².